The zero-order valence-electron chi connectivity index (χ0n) is 30.2. The van der Waals surface area contributed by atoms with Crippen molar-refractivity contribution in [2.24, 2.45) is 0 Å². The summed E-state index contributed by atoms with van der Waals surface area (Å²) in [7, 11) is 0. The third-order valence-electron chi connectivity index (χ3n) is 9.15. The van der Waals surface area contributed by atoms with Crippen molar-refractivity contribution in [3.8, 4) is 0 Å². The monoisotopic (exact) mass is 677 g/mol. The first-order valence-corrected chi connectivity index (χ1v) is 20.6. The Bertz CT molecular complexity index is 650. The first-order valence-electron chi connectivity index (χ1n) is 20.0. The SMILES string of the molecule is CCCCCCCCCCCCCCCCCCCC(=O)OOC(=O)[C](=[Fe+])CCCCCCCCCCCCCCCCCC. The van der Waals surface area contributed by atoms with Gasteiger partial charge in [0.05, 0.1) is 0 Å². The van der Waals surface area contributed by atoms with Crippen LogP contribution in [-0.4, -0.2) is 16.4 Å². The number of carbonyl (C=O) groups excluding carboxylic acids is 2. The number of carbonyl (C=O) groups is 2. The molecule has 0 aliphatic heterocycles. The van der Waals surface area contributed by atoms with Crippen LogP contribution in [0.25, 0.3) is 0 Å². The fourth-order valence-electron chi connectivity index (χ4n) is 6.09. The van der Waals surface area contributed by atoms with E-state index in [2.05, 4.69) is 29.4 Å². The molecule has 0 aromatic heterocycles. The fraction of sp³-hybridized carbons (Fsp3) is 0.925. The summed E-state index contributed by atoms with van der Waals surface area (Å²) in [5.74, 6) is -1.06. The molecule has 0 radical (unpaired) electrons. The number of hydrogen-bond donors (Lipinski definition) is 0. The van der Waals surface area contributed by atoms with Crippen molar-refractivity contribution in [1.29, 1.82) is 0 Å². The minimum Gasteiger partial charge on any atom is -0.0654 e. The van der Waals surface area contributed by atoms with Crippen LogP contribution in [0, 0.1) is 0 Å². The van der Waals surface area contributed by atoms with Gasteiger partial charge in [0.2, 0.25) is 0 Å². The molecule has 267 valence electrons. The Labute approximate surface area is 289 Å². The van der Waals surface area contributed by atoms with Crippen LogP contribution < -0.4 is 0 Å². The summed E-state index contributed by atoms with van der Waals surface area (Å²) < 4.78 is 0.394. The van der Waals surface area contributed by atoms with Gasteiger partial charge in [-0.15, -0.1) is 0 Å². The fourth-order valence-corrected chi connectivity index (χ4v) is 6.33. The molecule has 0 rings (SSSR count). The van der Waals surface area contributed by atoms with Crippen molar-refractivity contribution in [2.75, 3.05) is 0 Å². The molecule has 0 aromatic carbocycles. The van der Waals surface area contributed by atoms with Crippen molar-refractivity contribution >= 4 is 16.4 Å². The van der Waals surface area contributed by atoms with E-state index in [1.165, 1.54) is 180 Å². The molecular weight excluding hydrogens is 600 g/mol. The average Bonchev–Trinajstić information content (AvgIpc) is 3.04. The van der Waals surface area contributed by atoms with Crippen LogP contribution in [-0.2, 0) is 34.9 Å². The van der Waals surface area contributed by atoms with Crippen molar-refractivity contribution in [1.82, 2.24) is 0 Å². The van der Waals surface area contributed by atoms with Gasteiger partial charge in [0.1, 0.15) is 0 Å². The average molecular weight is 677 g/mol. The van der Waals surface area contributed by atoms with E-state index >= 15 is 0 Å². The molecular formula is C40H76FeO4+. The Hall–Kier alpha value is -0.671. The van der Waals surface area contributed by atoms with Crippen LogP contribution in [0.15, 0.2) is 0 Å². The van der Waals surface area contributed by atoms with Crippen LogP contribution in [0.1, 0.15) is 239 Å². The summed E-state index contributed by atoms with van der Waals surface area (Å²) in [5.41, 5.74) is 0. The molecule has 45 heavy (non-hydrogen) atoms. The number of unbranched alkanes of at least 4 members (excludes halogenated alkanes) is 31. The van der Waals surface area contributed by atoms with E-state index in [1.54, 1.807) is 0 Å². The number of rotatable bonds is 36. The van der Waals surface area contributed by atoms with Gasteiger partial charge in [0.25, 0.3) is 0 Å². The van der Waals surface area contributed by atoms with Gasteiger partial charge in [-0.25, -0.2) is 0 Å². The van der Waals surface area contributed by atoms with E-state index in [1.807, 2.05) is 0 Å². The third-order valence-corrected chi connectivity index (χ3v) is 9.66. The molecule has 4 nitrogen and oxygen atoms in total. The molecule has 0 bridgehead atoms. The summed E-state index contributed by atoms with van der Waals surface area (Å²) in [6, 6.07) is 0. The predicted octanol–water partition coefficient (Wildman–Crippen LogP) is 13.4. The van der Waals surface area contributed by atoms with Crippen LogP contribution in [0.3, 0.4) is 0 Å². The van der Waals surface area contributed by atoms with Crippen LogP contribution in [0.2, 0.25) is 0 Å². The molecule has 0 atom stereocenters. The zero-order chi connectivity index (χ0) is 32.9. The van der Waals surface area contributed by atoms with Crippen LogP contribution in [0.5, 0.6) is 0 Å². The van der Waals surface area contributed by atoms with Crippen molar-refractivity contribution < 1.29 is 34.9 Å². The van der Waals surface area contributed by atoms with E-state index < -0.39 is 11.9 Å². The minimum atomic E-state index is -0.605. The zero-order valence-corrected chi connectivity index (χ0v) is 31.3. The second-order valence-electron chi connectivity index (χ2n) is 13.7. The predicted molar refractivity (Wildman–Crippen MR) is 190 cm³/mol. The smallest absolute Gasteiger partial charge is 0.0654 e. The van der Waals surface area contributed by atoms with Gasteiger partial charge in [0.15, 0.2) is 0 Å². The van der Waals surface area contributed by atoms with Gasteiger partial charge in [-0.2, -0.15) is 0 Å². The Balaban J connectivity index is 3.38. The van der Waals surface area contributed by atoms with Gasteiger partial charge in [-0.1, -0.05) is 123 Å². The molecule has 5 heteroatoms. The van der Waals surface area contributed by atoms with E-state index in [0.29, 0.717) is 17.3 Å². The summed E-state index contributed by atoms with van der Waals surface area (Å²) in [6.07, 6.45) is 44.3. The normalized spacial score (nSPS) is 11.2. The molecule has 0 N–H and O–H groups in total. The van der Waals surface area contributed by atoms with E-state index in [4.69, 9.17) is 9.78 Å². The van der Waals surface area contributed by atoms with Crippen molar-refractivity contribution in [3.05, 3.63) is 0 Å². The van der Waals surface area contributed by atoms with Crippen LogP contribution >= 0.6 is 0 Å². The third kappa shape index (κ3) is 36.0. The standard InChI is InChI=1S/C40H76O4.Fe/c1-3-5-7-9-11-13-15-17-19-21-23-25-27-29-31-33-35-37-39(41)43-44-40(42)38-36-34-32-30-28-26-24-22-20-18-16-14-12-10-8-6-4-2;/h3-37H2,1-2H3;/q;+1. The maximum atomic E-state index is 12.1. The van der Waals surface area contributed by atoms with Gasteiger partial charge < -0.3 is 0 Å². The second-order valence-corrected chi connectivity index (χ2v) is 14.3. The Morgan fingerprint density at radius 1 is 0.356 bits per heavy atom. The Morgan fingerprint density at radius 2 is 0.600 bits per heavy atom. The molecule has 0 aliphatic rings. The molecule has 0 aliphatic carbocycles. The van der Waals surface area contributed by atoms with Crippen LogP contribution in [0.4, 0.5) is 0 Å². The first-order chi connectivity index (χ1) is 22.1. The summed E-state index contributed by atoms with van der Waals surface area (Å²) >= 11 is 3.82. The number of hydrogen-bond acceptors (Lipinski definition) is 4. The summed E-state index contributed by atoms with van der Waals surface area (Å²) in [5, 5.41) is 0. The molecule has 0 saturated heterocycles. The van der Waals surface area contributed by atoms with Crippen molar-refractivity contribution in [2.45, 2.75) is 239 Å². The molecule has 0 amide bonds. The Morgan fingerprint density at radius 3 is 0.889 bits per heavy atom. The van der Waals surface area contributed by atoms with E-state index in [0.717, 1.165) is 32.1 Å². The molecule has 0 fully saturated rings. The van der Waals surface area contributed by atoms with Gasteiger partial charge in [-0.3, -0.25) is 0 Å². The van der Waals surface area contributed by atoms with E-state index in [9.17, 15) is 9.59 Å². The first kappa shape index (κ1) is 44.3. The molecule has 0 aromatic rings. The maximum absolute atomic E-state index is 12.1. The molecule has 0 heterocycles. The Kier molecular flexibility index (Phi) is 37.2. The van der Waals surface area contributed by atoms with Gasteiger partial charge in [0, 0.05) is 0 Å². The molecule has 0 spiro atoms. The van der Waals surface area contributed by atoms with Gasteiger partial charge in [-0.05, 0) is 0 Å². The minimum absolute atomic E-state index is 0.303. The summed E-state index contributed by atoms with van der Waals surface area (Å²) in [6.45, 7) is 4.56. The summed E-state index contributed by atoms with van der Waals surface area (Å²) in [4.78, 5) is 33.5. The van der Waals surface area contributed by atoms with Crippen molar-refractivity contribution in [3.63, 3.8) is 0 Å². The molecule has 0 unspecified atom stereocenters. The quantitative estimate of drug-likeness (QED) is 0.0287. The van der Waals surface area contributed by atoms with E-state index in [-0.39, 0.29) is 0 Å². The van der Waals surface area contributed by atoms with Gasteiger partial charge >= 0.3 is 167 Å². The topological polar surface area (TPSA) is 52.6 Å². The molecule has 0 saturated carbocycles. The second kappa shape index (κ2) is 37.8.